The van der Waals surface area contributed by atoms with Gasteiger partial charge in [-0.05, 0) is 35.0 Å². The quantitative estimate of drug-likeness (QED) is 0.702. The molecule has 104 valence electrons. The Balaban J connectivity index is 2.06. The van der Waals surface area contributed by atoms with Crippen molar-refractivity contribution in [2.45, 2.75) is 45.7 Å². The summed E-state index contributed by atoms with van der Waals surface area (Å²) < 4.78 is 18.2. The van der Waals surface area contributed by atoms with Crippen molar-refractivity contribution in [3.05, 3.63) is 30.3 Å². The zero-order chi connectivity index (χ0) is 13.8. The average molecular weight is 279 g/mol. The van der Waals surface area contributed by atoms with Gasteiger partial charge in [-0.2, -0.15) is 0 Å². The summed E-state index contributed by atoms with van der Waals surface area (Å²) in [5.74, 6) is 2.50. The van der Waals surface area contributed by atoms with Gasteiger partial charge in [0.2, 0.25) is 0 Å². The molecule has 2 rings (SSSR count). The molecule has 3 heteroatoms. The molecule has 0 N–H and O–H groups in total. The maximum Gasteiger partial charge on any atom is 0.559 e. The van der Waals surface area contributed by atoms with Gasteiger partial charge in [0.15, 0.2) is 11.4 Å². The molecule has 1 aliphatic rings. The summed E-state index contributed by atoms with van der Waals surface area (Å²) in [4.78, 5) is 0. The first-order valence-electron chi connectivity index (χ1n) is 7.27. The van der Waals surface area contributed by atoms with Crippen LogP contribution in [0.2, 0.25) is 0 Å². The summed E-state index contributed by atoms with van der Waals surface area (Å²) in [6, 6.07) is 9.54. The smallest absolute Gasteiger partial charge is 0.254 e. The summed E-state index contributed by atoms with van der Waals surface area (Å²) in [5, 5.41) is 0. The van der Waals surface area contributed by atoms with Crippen LogP contribution in [-0.2, 0) is 4.57 Å². The molecule has 19 heavy (non-hydrogen) atoms. The maximum atomic E-state index is 12.6. The summed E-state index contributed by atoms with van der Waals surface area (Å²) >= 11 is 0. The monoisotopic (exact) mass is 279 g/mol. The largest absolute Gasteiger partial charge is 0.559 e. The van der Waals surface area contributed by atoms with Crippen LogP contribution in [0.4, 0.5) is 0 Å². The second kappa shape index (κ2) is 6.52. The molecule has 0 amide bonds. The maximum absolute atomic E-state index is 12.6. The second-order valence-corrected chi connectivity index (χ2v) is 7.50. The van der Waals surface area contributed by atoms with E-state index in [1.807, 2.05) is 30.3 Å². The van der Waals surface area contributed by atoms with E-state index in [9.17, 15) is 4.57 Å². The van der Waals surface area contributed by atoms with Crippen LogP contribution in [0.25, 0.3) is 0 Å². The van der Waals surface area contributed by atoms with E-state index in [4.69, 9.17) is 4.52 Å². The first-order valence-corrected chi connectivity index (χ1v) is 8.52. The number of benzene rings is 1. The van der Waals surface area contributed by atoms with Crippen molar-refractivity contribution in [3.63, 3.8) is 0 Å². The Hall–Kier alpha value is -0.880. The van der Waals surface area contributed by atoms with Gasteiger partial charge in [0, 0.05) is 12.3 Å². The second-order valence-electron chi connectivity index (χ2n) is 6.08. The van der Waals surface area contributed by atoms with E-state index in [-0.39, 0.29) is 5.66 Å². The van der Waals surface area contributed by atoms with Gasteiger partial charge in [-0.25, -0.2) is 0 Å². The van der Waals surface area contributed by atoms with Crippen molar-refractivity contribution in [2.24, 2.45) is 17.8 Å². The van der Waals surface area contributed by atoms with Crippen LogP contribution in [0.1, 0.15) is 40.0 Å². The molecular weight excluding hydrogens is 255 g/mol. The van der Waals surface area contributed by atoms with Crippen molar-refractivity contribution < 1.29 is 9.09 Å². The van der Waals surface area contributed by atoms with E-state index < -0.39 is 8.03 Å². The van der Waals surface area contributed by atoms with Crippen molar-refractivity contribution in [3.8, 4) is 5.75 Å². The fraction of sp³-hybridized carbons (Fsp3) is 0.625. The zero-order valence-corrected chi connectivity index (χ0v) is 13.0. The lowest BCUT2D eigenvalue weighted by Crippen LogP contribution is -2.30. The molecule has 0 heterocycles. The Morgan fingerprint density at radius 3 is 2.53 bits per heavy atom. The molecule has 4 unspecified atom stereocenters. The lowest BCUT2D eigenvalue weighted by molar-refractivity contribution is 0.232. The van der Waals surface area contributed by atoms with Crippen LogP contribution >= 0.6 is 8.03 Å². The van der Waals surface area contributed by atoms with Gasteiger partial charge in [0.25, 0.3) is 0 Å². The molecule has 1 aromatic rings. The highest BCUT2D eigenvalue weighted by Crippen LogP contribution is 2.47. The molecule has 2 nitrogen and oxygen atoms in total. The average Bonchev–Trinajstić information content (AvgIpc) is 2.39. The van der Waals surface area contributed by atoms with Gasteiger partial charge in [0.1, 0.15) is 0 Å². The minimum Gasteiger partial charge on any atom is -0.254 e. The number of hydrogen-bond donors (Lipinski definition) is 0. The van der Waals surface area contributed by atoms with Crippen molar-refractivity contribution >= 4 is 8.03 Å². The predicted molar refractivity (Wildman–Crippen MR) is 79.8 cm³/mol. The topological polar surface area (TPSA) is 26.3 Å². The third-order valence-electron chi connectivity index (χ3n) is 4.20. The lowest BCUT2D eigenvalue weighted by atomic mass is 9.77. The van der Waals surface area contributed by atoms with E-state index in [1.165, 1.54) is 12.8 Å². The summed E-state index contributed by atoms with van der Waals surface area (Å²) in [7, 11) is -1.62. The first kappa shape index (κ1) is 14.5. The lowest BCUT2D eigenvalue weighted by Gasteiger charge is -2.30. The molecule has 0 spiro atoms. The Labute approximate surface area is 117 Å². The molecule has 0 saturated heterocycles. The van der Waals surface area contributed by atoms with Crippen LogP contribution in [0, 0.1) is 17.8 Å². The summed E-state index contributed by atoms with van der Waals surface area (Å²) in [6.07, 6.45) is 3.47. The van der Waals surface area contributed by atoms with Gasteiger partial charge in [-0.15, -0.1) is 0 Å². The van der Waals surface area contributed by atoms with E-state index in [1.54, 1.807) is 0 Å². The molecule has 1 aromatic carbocycles. The van der Waals surface area contributed by atoms with Crippen LogP contribution in [0.3, 0.4) is 0 Å². The third kappa shape index (κ3) is 3.79. The Morgan fingerprint density at radius 2 is 1.89 bits per heavy atom. The Morgan fingerprint density at radius 1 is 1.21 bits per heavy atom. The molecule has 1 aliphatic carbocycles. The minimum atomic E-state index is -1.62. The molecule has 1 saturated carbocycles. The molecular formula is C16H24O2P+. The van der Waals surface area contributed by atoms with Gasteiger partial charge in [0.05, 0.1) is 0 Å². The highest BCUT2D eigenvalue weighted by molar-refractivity contribution is 7.40. The molecule has 0 aliphatic heterocycles. The van der Waals surface area contributed by atoms with E-state index >= 15 is 0 Å². The van der Waals surface area contributed by atoms with Crippen LogP contribution in [0.5, 0.6) is 5.75 Å². The highest BCUT2D eigenvalue weighted by Gasteiger charge is 2.45. The molecule has 0 radical (unpaired) electrons. The summed E-state index contributed by atoms with van der Waals surface area (Å²) in [5.41, 5.74) is 0.207. The van der Waals surface area contributed by atoms with Gasteiger partial charge < -0.3 is 0 Å². The predicted octanol–water partition coefficient (Wildman–Crippen LogP) is 5.27. The van der Waals surface area contributed by atoms with Crippen LogP contribution in [-0.4, -0.2) is 5.66 Å². The SMILES string of the molecule is CC1CCC(C(C)C)C([P+](=O)Oc2ccccc2)C1. The third-order valence-corrected chi connectivity index (χ3v) is 5.72. The van der Waals surface area contributed by atoms with Crippen LogP contribution in [0.15, 0.2) is 30.3 Å². The number of rotatable bonds is 4. The van der Waals surface area contributed by atoms with E-state index in [0.717, 1.165) is 12.2 Å². The van der Waals surface area contributed by atoms with Crippen molar-refractivity contribution in [1.29, 1.82) is 0 Å². The fourth-order valence-corrected chi connectivity index (χ4v) is 4.85. The van der Waals surface area contributed by atoms with E-state index in [0.29, 0.717) is 17.8 Å². The highest BCUT2D eigenvalue weighted by atomic mass is 31.1. The van der Waals surface area contributed by atoms with Gasteiger partial charge in [-0.3, -0.25) is 4.52 Å². The zero-order valence-electron chi connectivity index (χ0n) is 12.1. The standard InChI is InChI=1S/C16H24O2P/c1-12(2)15-10-9-13(3)11-16(15)19(17)18-14-7-5-4-6-8-14/h4-8,12-13,15-16H,9-11H2,1-3H3/q+1. The Bertz CT molecular complexity index is 416. The molecule has 0 bridgehead atoms. The fourth-order valence-electron chi connectivity index (χ4n) is 3.05. The Kier molecular flexibility index (Phi) is 4.99. The number of para-hydroxylation sites is 1. The van der Waals surface area contributed by atoms with Crippen molar-refractivity contribution in [2.75, 3.05) is 0 Å². The van der Waals surface area contributed by atoms with Gasteiger partial charge in [-0.1, -0.05) is 45.4 Å². The minimum absolute atomic E-state index is 0.207. The van der Waals surface area contributed by atoms with Gasteiger partial charge >= 0.3 is 8.03 Å². The van der Waals surface area contributed by atoms with E-state index in [2.05, 4.69) is 20.8 Å². The summed E-state index contributed by atoms with van der Waals surface area (Å²) in [6.45, 7) is 6.73. The molecule has 4 atom stereocenters. The van der Waals surface area contributed by atoms with Crippen LogP contribution < -0.4 is 4.52 Å². The first-order chi connectivity index (χ1) is 9.08. The number of hydrogen-bond acceptors (Lipinski definition) is 2. The normalized spacial score (nSPS) is 28.2. The molecule has 1 fully saturated rings. The molecule has 0 aromatic heterocycles. The van der Waals surface area contributed by atoms with Crippen molar-refractivity contribution in [1.82, 2.24) is 0 Å².